The number of nitrogens with zero attached hydrogens (tertiary/aromatic N) is 5. The van der Waals surface area contributed by atoms with E-state index < -0.39 is 0 Å². The third-order valence-electron chi connectivity index (χ3n) is 8.54. The van der Waals surface area contributed by atoms with Crippen molar-refractivity contribution in [2.75, 3.05) is 35.9 Å². The van der Waals surface area contributed by atoms with Crippen molar-refractivity contribution in [2.24, 2.45) is 4.99 Å². The van der Waals surface area contributed by atoms with E-state index in [0.29, 0.717) is 36.1 Å². The minimum Gasteiger partial charge on any atom is -0.399 e. The molecule has 0 unspecified atom stereocenters. The standard InChI is InChI=1S/C21H21ClN4O.C18H17N3.C3H4ClNO/c1-3-26-19-12-14(2)4-9-17(19)18(13-23)20(26)15-5-7-16(8-6-15)25-21(27)24-11-10-22;1-3-21-17-10-12(2)4-9-15(17)16(11-19)18(21)13-5-7-14(20)8-6-13;4-1-2-5-3-6/h4-9,12H,3,10-11H2,1-2H3,(H2,24,25,27);4-10H,3,20H2,1-2H3;1-2H2. The van der Waals surface area contributed by atoms with Crippen LogP contribution >= 0.6 is 23.2 Å². The highest BCUT2D eigenvalue weighted by atomic mass is 35.5. The molecule has 0 fully saturated rings. The average Bonchev–Trinajstić information content (AvgIpc) is 3.67. The van der Waals surface area contributed by atoms with E-state index >= 15 is 0 Å². The molecule has 0 bridgehead atoms. The number of benzene rings is 4. The lowest BCUT2D eigenvalue weighted by Gasteiger charge is -2.10. The molecule has 10 nitrogen and oxygen atoms in total. The second-order valence-corrected chi connectivity index (χ2v) is 12.9. The van der Waals surface area contributed by atoms with Crippen LogP contribution in [0.5, 0.6) is 0 Å². The normalized spacial score (nSPS) is 10.2. The van der Waals surface area contributed by atoms with Crippen molar-refractivity contribution < 1.29 is 9.59 Å². The number of urea groups is 1. The van der Waals surface area contributed by atoms with Gasteiger partial charge in [0, 0.05) is 53.5 Å². The number of rotatable bonds is 9. The van der Waals surface area contributed by atoms with Crippen molar-refractivity contribution in [3.63, 3.8) is 0 Å². The maximum Gasteiger partial charge on any atom is 0.319 e. The third-order valence-corrected chi connectivity index (χ3v) is 8.90. The molecule has 0 aliphatic rings. The Bertz CT molecular complexity index is 2360. The quantitative estimate of drug-likeness (QED) is 0.0580. The van der Waals surface area contributed by atoms with Gasteiger partial charge in [-0.1, -0.05) is 48.5 Å². The number of carbonyl (C=O) groups is 1. The summed E-state index contributed by atoms with van der Waals surface area (Å²) in [7, 11) is 0. The van der Waals surface area contributed by atoms with Gasteiger partial charge in [-0.25, -0.2) is 14.6 Å². The molecule has 2 amide bonds. The van der Waals surface area contributed by atoms with Gasteiger partial charge >= 0.3 is 6.03 Å². The van der Waals surface area contributed by atoms with Crippen LogP contribution in [0.25, 0.3) is 44.3 Å². The van der Waals surface area contributed by atoms with Crippen LogP contribution in [-0.4, -0.2) is 46.1 Å². The maximum absolute atomic E-state index is 11.7. The van der Waals surface area contributed by atoms with Crippen molar-refractivity contribution in [3.05, 3.63) is 107 Å². The molecule has 0 saturated heterocycles. The molecule has 0 spiro atoms. The van der Waals surface area contributed by atoms with E-state index in [1.54, 1.807) is 0 Å². The first-order valence-electron chi connectivity index (χ1n) is 17.4. The van der Waals surface area contributed by atoms with E-state index in [1.165, 1.54) is 11.6 Å². The number of halogens is 2. The summed E-state index contributed by atoms with van der Waals surface area (Å²) in [6.45, 7) is 10.7. The van der Waals surface area contributed by atoms with E-state index in [-0.39, 0.29) is 6.03 Å². The summed E-state index contributed by atoms with van der Waals surface area (Å²) in [5.41, 5.74) is 17.0. The molecule has 6 aromatic rings. The first kappa shape index (κ1) is 40.7. The monoisotopic (exact) mass is 760 g/mol. The van der Waals surface area contributed by atoms with Gasteiger partial charge in [0.05, 0.1) is 40.1 Å². The number of hydrogen-bond donors (Lipinski definition) is 3. The number of hydrogen-bond acceptors (Lipinski definition) is 6. The topological polar surface area (TPSA) is 154 Å². The van der Waals surface area contributed by atoms with E-state index in [0.717, 1.165) is 74.2 Å². The Morgan fingerprint density at radius 3 is 1.63 bits per heavy atom. The van der Waals surface area contributed by atoms with Gasteiger partial charge < -0.3 is 25.5 Å². The van der Waals surface area contributed by atoms with Crippen LogP contribution < -0.4 is 16.4 Å². The van der Waals surface area contributed by atoms with Crippen LogP contribution in [0, 0.1) is 36.5 Å². The van der Waals surface area contributed by atoms with E-state index in [4.69, 9.17) is 28.9 Å². The number of amides is 2. The molecule has 0 atom stereocenters. The zero-order chi connectivity index (χ0) is 39.2. The Balaban J connectivity index is 0.000000214. The molecule has 6 rings (SSSR count). The second-order valence-electron chi connectivity index (χ2n) is 12.1. The van der Waals surface area contributed by atoms with Gasteiger partial charge in [0.1, 0.15) is 12.1 Å². The number of aryl methyl sites for hydroxylation is 4. The number of nitrogens with one attached hydrogen (secondary N) is 2. The smallest absolute Gasteiger partial charge is 0.319 e. The summed E-state index contributed by atoms with van der Waals surface area (Å²) in [6.07, 6.45) is 1.36. The fourth-order valence-electron chi connectivity index (χ4n) is 6.18. The summed E-state index contributed by atoms with van der Waals surface area (Å²) in [5.74, 6) is 0.763. The summed E-state index contributed by atoms with van der Waals surface area (Å²) < 4.78 is 4.36. The number of nitrogens with two attached hydrogens (primary N) is 1. The average molecular weight is 762 g/mol. The van der Waals surface area contributed by atoms with E-state index in [2.05, 4.69) is 75.9 Å². The summed E-state index contributed by atoms with van der Waals surface area (Å²) in [6, 6.07) is 32.0. The van der Waals surface area contributed by atoms with Crippen LogP contribution in [0.2, 0.25) is 0 Å². The maximum atomic E-state index is 11.7. The number of nitrogen functional groups attached to an aromatic ring is 1. The summed E-state index contributed by atoms with van der Waals surface area (Å²) in [4.78, 5) is 24.1. The van der Waals surface area contributed by atoms with Gasteiger partial charge in [-0.15, -0.1) is 23.2 Å². The molecule has 12 heteroatoms. The van der Waals surface area contributed by atoms with Crippen molar-refractivity contribution in [1.29, 1.82) is 10.5 Å². The van der Waals surface area contributed by atoms with Gasteiger partial charge in [-0.2, -0.15) is 10.5 Å². The molecule has 4 N–H and O–H groups in total. The fourth-order valence-corrected chi connectivity index (χ4v) is 6.36. The first-order chi connectivity index (χ1) is 26.1. The van der Waals surface area contributed by atoms with E-state index in [9.17, 15) is 20.1 Å². The van der Waals surface area contributed by atoms with Crippen molar-refractivity contribution >= 4 is 68.5 Å². The number of nitriles is 2. The fraction of sp³-hybridized carbons (Fsp3) is 0.238. The summed E-state index contributed by atoms with van der Waals surface area (Å²) in [5, 5.41) is 26.8. The van der Waals surface area contributed by atoms with Crippen LogP contribution in [-0.2, 0) is 17.9 Å². The highest BCUT2D eigenvalue weighted by Gasteiger charge is 2.19. The predicted octanol–water partition coefficient (Wildman–Crippen LogP) is 9.52. The van der Waals surface area contributed by atoms with Gasteiger partial charge in [-0.05, 0) is 86.3 Å². The van der Waals surface area contributed by atoms with Crippen LogP contribution in [0.1, 0.15) is 36.1 Å². The molecule has 2 heterocycles. The molecule has 2 aromatic heterocycles. The summed E-state index contributed by atoms with van der Waals surface area (Å²) >= 11 is 10.7. The van der Waals surface area contributed by atoms with Crippen molar-refractivity contribution in [1.82, 2.24) is 14.5 Å². The zero-order valence-electron chi connectivity index (χ0n) is 30.7. The molecular formula is C42H42Cl2N8O2. The van der Waals surface area contributed by atoms with Crippen LogP contribution in [0.4, 0.5) is 16.2 Å². The highest BCUT2D eigenvalue weighted by Crippen LogP contribution is 2.36. The van der Waals surface area contributed by atoms with Gasteiger partial charge in [0.25, 0.3) is 0 Å². The molecular weight excluding hydrogens is 719 g/mol. The lowest BCUT2D eigenvalue weighted by atomic mass is 10.1. The molecule has 4 aromatic carbocycles. The lowest BCUT2D eigenvalue weighted by molar-refractivity contribution is 0.252. The van der Waals surface area contributed by atoms with Crippen LogP contribution in [0.3, 0.4) is 0 Å². The number of fused-ring (bicyclic) bond motifs is 2. The SMILES string of the molecule is CCn1c(-c2ccc(N)cc2)c(C#N)c2ccc(C)cc21.CCn1c(-c2ccc(NC(=O)NCCCl)cc2)c(C#N)c2ccc(C)cc21.O=C=NCCCl. The number of aromatic nitrogens is 2. The van der Waals surface area contributed by atoms with Gasteiger partial charge in [0.2, 0.25) is 6.08 Å². The highest BCUT2D eigenvalue weighted by molar-refractivity contribution is 6.18. The molecule has 0 radical (unpaired) electrons. The Kier molecular flexibility index (Phi) is 14.9. The lowest BCUT2D eigenvalue weighted by Crippen LogP contribution is -2.30. The molecule has 0 aliphatic carbocycles. The Hall–Kier alpha value is -6.03. The Morgan fingerprint density at radius 1 is 0.759 bits per heavy atom. The Labute approximate surface area is 325 Å². The second kappa shape index (κ2) is 19.7. The minimum absolute atomic E-state index is 0.292. The number of alkyl halides is 2. The van der Waals surface area contributed by atoms with Crippen molar-refractivity contribution in [2.45, 2.75) is 40.8 Å². The molecule has 54 heavy (non-hydrogen) atoms. The molecule has 0 aliphatic heterocycles. The largest absolute Gasteiger partial charge is 0.399 e. The number of isocyanates is 1. The van der Waals surface area contributed by atoms with Crippen molar-refractivity contribution in [3.8, 4) is 34.7 Å². The predicted molar refractivity (Wildman–Crippen MR) is 221 cm³/mol. The Morgan fingerprint density at radius 2 is 1.24 bits per heavy atom. The third kappa shape index (κ3) is 9.49. The number of carbonyl (C=O) groups excluding carboxylic acids is 2. The molecule has 0 saturated carbocycles. The first-order valence-corrected chi connectivity index (χ1v) is 18.5. The van der Waals surface area contributed by atoms with Crippen LogP contribution in [0.15, 0.2) is 89.9 Å². The van der Waals surface area contributed by atoms with Gasteiger partial charge in [-0.3, -0.25) is 0 Å². The molecule has 276 valence electrons. The number of aliphatic imine (C=N–C) groups is 1. The van der Waals surface area contributed by atoms with Gasteiger partial charge in [0.15, 0.2) is 0 Å². The number of anilines is 2. The zero-order valence-corrected chi connectivity index (χ0v) is 32.2. The van der Waals surface area contributed by atoms with E-state index in [1.807, 2.05) is 73.7 Å². The minimum atomic E-state index is -0.292.